The monoisotopic (exact) mass is 1020 g/mol. The van der Waals surface area contributed by atoms with Gasteiger partial charge in [-0.2, -0.15) is 0 Å². The molecule has 0 fully saturated rings. The summed E-state index contributed by atoms with van der Waals surface area (Å²) in [4.78, 5) is 24.5. The molecular weight excluding hydrogens is 899 g/mol. The zero-order valence-electron chi connectivity index (χ0n) is 48.6. The molecule has 0 aliphatic carbocycles. The SMILES string of the molecule is CCCC/C=C\C/C=C\CCCCCCCC(=O)OCCCCCCCCCCC/C=C\C/C=C\CCCCCCCCCCCCCC(=O)NC(CO)C(O)/C=C/CCCCCCCCCCCCCCC. The van der Waals surface area contributed by atoms with Crippen molar-refractivity contribution in [2.75, 3.05) is 13.2 Å². The maximum absolute atomic E-state index is 12.5. The Balaban J connectivity index is 3.45. The number of esters is 1. The van der Waals surface area contributed by atoms with Gasteiger partial charge in [0.1, 0.15) is 0 Å². The van der Waals surface area contributed by atoms with Crippen LogP contribution in [0.4, 0.5) is 0 Å². The van der Waals surface area contributed by atoms with Crippen LogP contribution in [0.1, 0.15) is 328 Å². The number of carbonyl (C=O) groups is 2. The average molecular weight is 1020 g/mol. The lowest BCUT2D eigenvalue weighted by Gasteiger charge is -2.20. The van der Waals surface area contributed by atoms with Crippen molar-refractivity contribution in [1.29, 1.82) is 0 Å². The highest BCUT2D eigenvalue weighted by Crippen LogP contribution is 2.16. The number of allylic oxidation sites excluding steroid dienone is 9. The first-order valence-electron chi connectivity index (χ1n) is 32.1. The third-order valence-electron chi connectivity index (χ3n) is 14.5. The second-order valence-corrected chi connectivity index (χ2v) is 21.7. The van der Waals surface area contributed by atoms with E-state index in [-0.39, 0.29) is 18.5 Å². The first-order valence-corrected chi connectivity index (χ1v) is 32.1. The first kappa shape index (κ1) is 70.6. The lowest BCUT2D eigenvalue weighted by molar-refractivity contribution is -0.143. The van der Waals surface area contributed by atoms with Gasteiger partial charge < -0.3 is 20.3 Å². The summed E-state index contributed by atoms with van der Waals surface area (Å²) < 4.78 is 5.47. The van der Waals surface area contributed by atoms with Crippen molar-refractivity contribution in [2.24, 2.45) is 0 Å². The highest BCUT2D eigenvalue weighted by Gasteiger charge is 2.18. The predicted molar refractivity (Wildman–Crippen MR) is 319 cm³/mol. The van der Waals surface area contributed by atoms with E-state index in [4.69, 9.17) is 4.74 Å². The molecule has 0 heterocycles. The number of ether oxygens (including phenoxy) is 1. The van der Waals surface area contributed by atoms with Gasteiger partial charge in [-0.3, -0.25) is 9.59 Å². The number of aliphatic hydroxyl groups is 2. The van der Waals surface area contributed by atoms with E-state index < -0.39 is 12.1 Å². The van der Waals surface area contributed by atoms with Gasteiger partial charge in [0, 0.05) is 12.8 Å². The molecule has 0 aromatic rings. The van der Waals surface area contributed by atoms with Crippen LogP contribution in [-0.4, -0.2) is 47.4 Å². The topological polar surface area (TPSA) is 95.9 Å². The molecule has 0 radical (unpaired) electrons. The average Bonchev–Trinajstić information content (AvgIpc) is 3.39. The van der Waals surface area contributed by atoms with Crippen LogP contribution in [0.2, 0.25) is 0 Å². The fourth-order valence-electron chi connectivity index (χ4n) is 9.56. The minimum Gasteiger partial charge on any atom is -0.466 e. The van der Waals surface area contributed by atoms with Crippen LogP contribution in [-0.2, 0) is 14.3 Å². The summed E-state index contributed by atoms with van der Waals surface area (Å²) in [7, 11) is 0. The summed E-state index contributed by atoms with van der Waals surface area (Å²) in [5, 5.41) is 23.1. The number of carbonyl (C=O) groups excluding carboxylic acids is 2. The summed E-state index contributed by atoms with van der Waals surface area (Å²) >= 11 is 0. The van der Waals surface area contributed by atoms with E-state index in [1.807, 2.05) is 6.08 Å². The minimum atomic E-state index is -0.847. The maximum atomic E-state index is 12.5. The lowest BCUT2D eigenvalue weighted by Crippen LogP contribution is -2.45. The second-order valence-electron chi connectivity index (χ2n) is 21.7. The molecule has 0 aromatic heterocycles. The Morgan fingerprint density at radius 2 is 0.699 bits per heavy atom. The van der Waals surface area contributed by atoms with E-state index in [0.717, 1.165) is 57.8 Å². The number of unbranched alkanes of at least 4 members (excludes halogenated alkanes) is 40. The fraction of sp³-hybridized carbons (Fsp3) is 0.821. The lowest BCUT2D eigenvalue weighted by atomic mass is 10.0. The molecule has 0 saturated carbocycles. The summed E-state index contributed by atoms with van der Waals surface area (Å²) in [6, 6.07) is -0.631. The van der Waals surface area contributed by atoms with Gasteiger partial charge in [-0.05, 0) is 89.9 Å². The molecule has 426 valence electrons. The maximum Gasteiger partial charge on any atom is 0.305 e. The Hall–Kier alpha value is -2.44. The molecule has 2 unspecified atom stereocenters. The van der Waals surface area contributed by atoms with Crippen LogP contribution in [0.15, 0.2) is 60.8 Å². The third-order valence-corrected chi connectivity index (χ3v) is 14.5. The van der Waals surface area contributed by atoms with Crippen molar-refractivity contribution in [1.82, 2.24) is 5.32 Å². The molecule has 0 bridgehead atoms. The molecule has 6 nitrogen and oxygen atoms in total. The number of rotatable bonds is 59. The Morgan fingerprint density at radius 3 is 1.08 bits per heavy atom. The molecule has 0 spiro atoms. The van der Waals surface area contributed by atoms with Gasteiger partial charge in [-0.15, -0.1) is 0 Å². The van der Waals surface area contributed by atoms with Gasteiger partial charge in [0.05, 0.1) is 25.4 Å². The molecule has 2 atom stereocenters. The van der Waals surface area contributed by atoms with Crippen molar-refractivity contribution < 1.29 is 24.5 Å². The zero-order valence-corrected chi connectivity index (χ0v) is 48.6. The molecule has 3 N–H and O–H groups in total. The molecule has 0 saturated heterocycles. The molecule has 0 aliphatic rings. The van der Waals surface area contributed by atoms with Gasteiger partial charge in [-0.25, -0.2) is 0 Å². The fourth-order valence-corrected chi connectivity index (χ4v) is 9.56. The Labute approximate surface area is 454 Å². The van der Waals surface area contributed by atoms with Crippen molar-refractivity contribution in [3.05, 3.63) is 60.8 Å². The molecule has 1 amide bonds. The van der Waals surface area contributed by atoms with Gasteiger partial charge >= 0.3 is 5.97 Å². The first-order chi connectivity index (χ1) is 36.0. The quantitative estimate of drug-likeness (QED) is 0.0320. The van der Waals surface area contributed by atoms with Gasteiger partial charge in [-0.1, -0.05) is 286 Å². The van der Waals surface area contributed by atoms with E-state index in [1.165, 1.54) is 244 Å². The smallest absolute Gasteiger partial charge is 0.305 e. The highest BCUT2D eigenvalue weighted by molar-refractivity contribution is 5.76. The number of nitrogens with one attached hydrogen (secondary N) is 1. The summed E-state index contributed by atoms with van der Waals surface area (Å²) in [6.45, 7) is 4.86. The zero-order chi connectivity index (χ0) is 52.9. The minimum absolute atomic E-state index is 0.00495. The van der Waals surface area contributed by atoms with Crippen LogP contribution < -0.4 is 5.32 Å². The number of hydrogen-bond acceptors (Lipinski definition) is 5. The third kappa shape index (κ3) is 58.7. The largest absolute Gasteiger partial charge is 0.466 e. The Bertz CT molecular complexity index is 1270. The van der Waals surface area contributed by atoms with Gasteiger partial charge in [0.25, 0.3) is 0 Å². The second kappa shape index (κ2) is 62.1. The normalized spacial score (nSPS) is 13.0. The number of hydrogen-bond donors (Lipinski definition) is 3. The molecule has 0 rings (SSSR count). The Kier molecular flexibility index (Phi) is 60.0. The summed E-state index contributed by atoms with van der Waals surface area (Å²) in [6.07, 6.45) is 81.2. The summed E-state index contributed by atoms with van der Waals surface area (Å²) in [5.74, 6) is -0.0758. The van der Waals surface area contributed by atoms with Crippen LogP contribution in [0.5, 0.6) is 0 Å². The molecule has 0 aromatic carbocycles. The Morgan fingerprint density at radius 1 is 0.384 bits per heavy atom. The van der Waals surface area contributed by atoms with E-state index in [1.54, 1.807) is 6.08 Å². The number of aliphatic hydroxyl groups excluding tert-OH is 2. The van der Waals surface area contributed by atoms with E-state index in [2.05, 4.69) is 67.8 Å². The molecule has 0 aliphatic heterocycles. The standard InChI is InChI=1S/C67H123NO5/c1-3-5-7-9-11-13-15-17-32-35-39-43-47-51-55-59-65(70)64(63-69)68-66(71)60-56-52-48-44-40-36-33-30-28-26-24-22-20-19-21-23-25-27-29-31-34-38-42-46-50-54-58-62-73-67(72)61-57-53-49-45-41-37-18-16-14-12-10-8-6-4-2/h10,12,16,18-20,23,25,55,59,64-65,69-70H,3-9,11,13-15,17,21-22,24,26-54,56-58,60-63H2,1-2H3,(H,68,71)/b12-10-,18-16-,20-19-,25-23-,59-55+. The molecular formula is C67H123NO5. The summed E-state index contributed by atoms with van der Waals surface area (Å²) in [5.41, 5.74) is 0. The van der Waals surface area contributed by atoms with Gasteiger partial charge in [0.15, 0.2) is 0 Å². The van der Waals surface area contributed by atoms with E-state index >= 15 is 0 Å². The number of amides is 1. The molecule has 73 heavy (non-hydrogen) atoms. The van der Waals surface area contributed by atoms with Crippen LogP contribution in [0.25, 0.3) is 0 Å². The predicted octanol–water partition coefficient (Wildman–Crippen LogP) is 20.3. The van der Waals surface area contributed by atoms with Gasteiger partial charge in [0.2, 0.25) is 5.91 Å². The highest BCUT2D eigenvalue weighted by atomic mass is 16.5. The van der Waals surface area contributed by atoms with Crippen molar-refractivity contribution >= 4 is 11.9 Å². The van der Waals surface area contributed by atoms with E-state index in [9.17, 15) is 19.8 Å². The van der Waals surface area contributed by atoms with Crippen molar-refractivity contribution in [3.8, 4) is 0 Å². The van der Waals surface area contributed by atoms with Crippen LogP contribution in [0.3, 0.4) is 0 Å². The van der Waals surface area contributed by atoms with Crippen molar-refractivity contribution in [2.45, 2.75) is 341 Å². The van der Waals surface area contributed by atoms with Crippen molar-refractivity contribution in [3.63, 3.8) is 0 Å². The molecule has 6 heteroatoms. The van der Waals surface area contributed by atoms with Crippen LogP contribution >= 0.6 is 0 Å². The van der Waals surface area contributed by atoms with Crippen LogP contribution in [0, 0.1) is 0 Å². The van der Waals surface area contributed by atoms with E-state index in [0.29, 0.717) is 19.4 Å².